The van der Waals surface area contributed by atoms with Crippen molar-refractivity contribution in [1.29, 1.82) is 0 Å². The molecule has 3 rings (SSSR count). The van der Waals surface area contributed by atoms with Gasteiger partial charge in [0.1, 0.15) is 5.75 Å². The largest absolute Gasteiger partial charge is 0.484 e. The Morgan fingerprint density at radius 1 is 1.42 bits per heavy atom. The number of hydrogen-bond donors (Lipinski definition) is 1. The van der Waals surface area contributed by atoms with Crippen LogP contribution in [0.4, 0.5) is 0 Å². The number of pyridine rings is 1. The molecule has 0 radical (unpaired) electrons. The summed E-state index contributed by atoms with van der Waals surface area (Å²) in [4.78, 5) is 8.41. The first-order chi connectivity index (χ1) is 9.29. The summed E-state index contributed by atoms with van der Waals surface area (Å²) in [6, 6.07) is 4.56. The second kappa shape index (κ2) is 5.36. The van der Waals surface area contributed by atoms with Gasteiger partial charge in [-0.3, -0.25) is 4.98 Å². The van der Waals surface area contributed by atoms with Crippen molar-refractivity contribution in [3.05, 3.63) is 35.7 Å². The Hall–Kier alpha value is -1.95. The minimum atomic E-state index is 0.290. The third-order valence-electron chi connectivity index (χ3n) is 2.88. The zero-order chi connectivity index (χ0) is 13.1. The Morgan fingerprint density at radius 2 is 2.32 bits per heavy atom. The maximum absolute atomic E-state index is 5.53. The second-order valence-electron chi connectivity index (χ2n) is 4.66. The first-order valence-electron chi connectivity index (χ1n) is 6.40. The van der Waals surface area contributed by atoms with Crippen molar-refractivity contribution in [2.75, 3.05) is 0 Å². The van der Waals surface area contributed by atoms with Gasteiger partial charge in [-0.1, -0.05) is 5.16 Å². The summed E-state index contributed by atoms with van der Waals surface area (Å²) in [5, 5.41) is 7.18. The summed E-state index contributed by atoms with van der Waals surface area (Å²) < 4.78 is 10.4. The lowest BCUT2D eigenvalue weighted by molar-refractivity contribution is 0.284. The van der Waals surface area contributed by atoms with Crippen LogP contribution in [0.1, 0.15) is 30.3 Å². The molecule has 6 nitrogen and oxygen atoms in total. The van der Waals surface area contributed by atoms with Gasteiger partial charge in [0.05, 0.1) is 11.9 Å². The Morgan fingerprint density at radius 3 is 2.95 bits per heavy atom. The van der Waals surface area contributed by atoms with Crippen molar-refractivity contribution in [3.63, 3.8) is 0 Å². The first kappa shape index (κ1) is 12.1. The molecule has 1 saturated carbocycles. The standard InChI is InChI=1S/C13H16N4O2/c1-9-16-13(17-19-9)8-18-12-5-4-11(15-7-12)6-14-10-2-3-10/h4-5,7,10,14H,2-3,6,8H2,1H3. The maximum Gasteiger partial charge on any atom is 0.223 e. The molecule has 1 fully saturated rings. The zero-order valence-electron chi connectivity index (χ0n) is 10.8. The SMILES string of the molecule is Cc1nc(COc2ccc(CNC3CC3)nc2)no1. The number of nitrogens with one attached hydrogen (secondary N) is 1. The molecule has 0 aliphatic heterocycles. The number of aromatic nitrogens is 3. The van der Waals surface area contributed by atoms with Gasteiger partial charge in [0.25, 0.3) is 0 Å². The molecule has 1 aliphatic rings. The van der Waals surface area contributed by atoms with Crippen LogP contribution in [-0.2, 0) is 13.2 Å². The average molecular weight is 260 g/mol. The summed E-state index contributed by atoms with van der Waals surface area (Å²) in [5.74, 6) is 1.79. The van der Waals surface area contributed by atoms with E-state index in [0.717, 1.165) is 12.2 Å². The monoisotopic (exact) mass is 260 g/mol. The minimum absolute atomic E-state index is 0.290. The highest BCUT2D eigenvalue weighted by molar-refractivity contribution is 5.20. The predicted molar refractivity (Wildman–Crippen MR) is 67.5 cm³/mol. The average Bonchev–Trinajstić information content (AvgIpc) is 3.17. The molecular weight excluding hydrogens is 244 g/mol. The molecule has 19 heavy (non-hydrogen) atoms. The van der Waals surface area contributed by atoms with Gasteiger partial charge in [0, 0.05) is 19.5 Å². The van der Waals surface area contributed by atoms with Crippen molar-refractivity contribution in [1.82, 2.24) is 20.4 Å². The smallest absolute Gasteiger partial charge is 0.223 e. The lowest BCUT2D eigenvalue weighted by Crippen LogP contribution is -2.16. The molecule has 0 spiro atoms. The van der Waals surface area contributed by atoms with E-state index in [1.807, 2.05) is 12.1 Å². The summed E-state index contributed by atoms with van der Waals surface area (Å²) in [6.07, 6.45) is 4.29. The molecule has 0 amide bonds. The van der Waals surface area contributed by atoms with Gasteiger partial charge in [-0.2, -0.15) is 4.98 Å². The maximum atomic E-state index is 5.53. The van der Waals surface area contributed by atoms with E-state index in [0.29, 0.717) is 30.1 Å². The summed E-state index contributed by atoms with van der Waals surface area (Å²) >= 11 is 0. The highest BCUT2D eigenvalue weighted by Gasteiger charge is 2.20. The molecule has 1 N–H and O–H groups in total. The first-order valence-corrected chi connectivity index (χ1v) is 6.40. The third kappa shape index (κ3) is 3.51. The van der Waals surface area contributed by atoms with Crippen molar-refractivity contribution in [2.45, 2.75) is 39.0 Å². The van der Waals surface area contributed by atoms with Crippen LogP contribution in [0.5, 0.6) is 5.75 Å². The topological polar surface area (TPSA) is 73.1 Å². The molecule has 2 heterocycles. The predicted octanol–water partition coefficient (Wildman–Crippen LogP) is 1.60. The van der Waals surface area contributed by atoms with E-state index in [1.165, 1.54) is 12.8 Å². The quantitative estimate of drug-likeness (QED) is 0.850. The number of aryl methyl sites for hydroxylation is 1. The Bertz CT molecular complexity index is 534. The Labute approximate surface area is 111 Å². The molecule has 0 atom stereocenters. The number of ether oxygens (including phenoxy) is 1. The second-order valence-corrected chi connectivity index (χ2v) is 4.66. The van der Waals surface area contributed by atoms with Gasteiger partial charge >= 0.3 is 0 Å². The molecule has 6 heteroatoms. The summed E-state index contributed by atoms with van der Waals surface area (Å²) in [7, 11) is 0. The third-order valence-corrected chi connectivity index (χ3v) is 2.88. The van der Waals surface area contributed by atoms with Crippen LogP contribution in [0.3, 0.4) is 0 Å². The number of rotatable bonds is 6. The van der Waals surface area contributed by atoms with E-state index in [4.69, 9.17) is 9.26 Å². The van der Waals surface area contributed by atoms with Crippen LogP contribution in [0.15, 0.2) is 22.9 Å². The fourth-order valence-corrected chi connectivity index (χ4v) is 1.69. The number of nitrogens with zero attached hydrogens (tertiary/aromatic N) is 3. The van der Waals surface area contributed by atoms with Gasteiger partial charge < -0.3 is 14.6 Å². The van der Waals surface area contributed by atoms with Crippen LogP contribution in [0.2, 0.25) is 0 Å². The summed E-state index contributed by atoms with van der Waals surface area (Å²) in [5.41, 5.74) is 1.02. The van der Waals surface area contributed by atoms with E-state index in [9.17, 15) is 0 Å². The van der Waals surface area contributed by atoms with Gasteiger partial charge in [0.2, 0.25) is 11.7 Å². The van der Waals surface area contributed by atoms with E-state index in [1.54, 1.807) is 13.1 Å². The lowest BCUT2D eigenvalue weighted by atomic mass is 10.3. The lowest BCUT2D eigenvalue weighted by Gasteiger charge is -2.05. The van der Waals surface area contributed by atoms with Gasteiger partial charge in [-0.25, -0.2) is 0 Å². The van der Waals surface area contributed by atoms with Crippen LogP contribution in [-0.4, -0.2) is 21.2 Å². The van der Waals surface area contributed by atoms with E-state index in [-0.39, 0.29) is 0 Å². The fraction of sp³-hybridized carbons (Fsp3) is 0.462. The van der Waals surface area contributed by atoms with E-state index in [2.05, 4.69) is 20.4 Å². The van der Waals surface area contributed by atoms with E-state index < -0.39 is 0 Å². The Balaban J connectivity index is 1.50. The minimum Gasteiger partial charge on any atom is -0.484 e. The normalized spacial score (nSPS) is 14.6. The molecule has 0 bridgehead atoms. The van der Waals surface area contributed by atoms with Crippen molar-refractivity contribution < 1.29 is 9.26 Å². The van der Waals surface area contributed by atoms with Crippen molar-refractivity contribution in [2.24, 2.45) is 0 Å². The fourth-order valence-electron chi connectivity index (χ4n) is 1.69. The van der Waals surface area contributed by atoms with Crippen LogP contribution < -0.4 is 10.1 Å². The molecule has 1 aliphatic carbocycles. The van der Waals surface area contributed by atoms with Gasteiger partial charge in [-0.05, 0) is 25.0 Å². The molecule has 2 aromatic rings. The zero-order valence-corrected chi connectivity index (χ0v) is 10.8. The van der Waals surface area contributed by atoms with Gasteiger partial charge in [0.15, 0.2) is 6.61 Å². The molecular formula is C13H16N4O2. The Kier molecular flexibility index (Phi) is 3.41. The highest BCUT2D eigenvalue weighted by Crippen LogP contribution is 2.19. The highest BCUT2D eigenvalue weighted by atomic mass is 16.5. The molecule has 0 saturated heterocycles. The van der Waals surface area contributed by atoms with Gasteiger partial charge in [-0.15, -0.1) is 0 Å². The molecule has 2 aromatic heterocycles. The van der Waals surface area contributed by atoms with Crippen LogP contribution in [0.25, 0.3) is 0 Å². The molecule has 0 unspecified atom stereocenters. The van der Waals surface area contributed by atoms with Crippen molar-refractivity contribution >= 4 is 0 Å². The molecule has 0 aromatic carbocycles. The van der Waals surface area contributed by atoms with E-state index >= 15 is 0 Å². The molecule has 100 valence electrons. The van der Waals surface area contributed by atoms with Crippen LogP contribution >= 0.6 is 0 Å². The summed E-state index contributed by atoms with van der Waals surface area (Å²) in [6.45, 7) is 2.85. The van der Waals surface area contributed by atoms with Crippen molar-refractivity contribution in [3.8, 4) is 5.75 Å². The number of hydrogen-bond acceptors (Lipinski definition) is 6. The van der Waals surface area contributed by atoms with Crippen LogP contribution in [0, 0.1) is 6.92 Å².